The van der Waals surface area contributed by atoms with Gasteiger partial charge < -0.3 is 0 Å². The molecule has 0 radical (unpaired) electrons. The van der Waals surface area contributed by atoms with Crippen LogP contribution in [0.4, 0.5) is 0 Å². The molecule has 0 aromatic rings. The summed E-state index contributed by atoms with van der Waals surface area (Å²) in [6.45, 7) is 0. The number of aldehydes is 1. The minimum Gasteiger partial charge on any atom is -0.297 e. The Labute approximate surface area is 87.5 Å². The number of rotatable bonds is 1. The molecule has 5 heteroatoms. The molecule has 0 N–H and O–H groups in total. The van der Waals surface area contributed by atoms with E-state index in [1.165, 1.54) is 8.47 Å². The number of carbonyl (C=O) groups is 1. The zero-order chi connectivity index (χ0) is 8.39. The highest BCUT2D eigenvalue weighted by atomic mass is 32.2. The van der Waals surface area contributed by atoms with Gasteiger partial charge in [0, 0.05) is 0 Å². The van der Waals surface area contributed by atoms with Crippen LogP contribution in [0.25, 0.3) is 0 Å². The Hall–Kier alpha value is 0.290. The second-order valence-electron chi connectivity index (χ2n) is 1.94. The van der Waals surface area contributed by atoms with Crippen LogP contribution in [0.15, 0.2) is 29.6 Å². The fraction of sp³-hybridized carbons (Fsp3) is 0. The fourth-order valence-corrected chi connectivity index (χ4v) is 4.95. The molecule has 0 unspecified atom stereocenters. The highest BCUT2D eigenvalue weighted by molar-refractivity contribution is 8.33. The summed E-state index contributed by atoms with van der Waals surface area (Å²) in [4.78, 5) is 11.2. The first-order valence-electron chi connectivity index (χ1n) is 3.12. The SMILES string of the molecule is O=CC1=CSC(=C2SC=CS2)S1. The smallest absolute Gasteiger partial charge is 0.157 e. The molecule has 2 heterocycles. The van der Waals surface area contributed by atoms with Crippen molar-refractivity contribution in [3.8, 4) is 0 Å². The summed E-state index contributed by atoms with van der Waals surface area (Å²) < 4.78 is 2.52. The summed E-state index contributed by atoms with van der Waals surface area (Å²) in [5.41, 5.74) is 0. The minimum absolute atomic E-state index is 0.815. The molecule has 2 aliphatic rings. The van der Waals surface area contributed by atoms with E-state index in [4.69, 9.17) is 0 Å². The Morgan fingerprint density at radius 1 is 1.08 bits per heavy atom. The fourth-order valence-electron chi connectivity index (χ4n) is 0.712. The van der Waals surface area contributed by atoms with Gasteiger partial charge in [0.1, 0.15) is 0 Å². The molecular weight excluding hydrogens is 228 g/mol. The molecule has 0 aromatic carbocycles. The van der Waals surface area contributed by atoms with Gasteiger partial charge in [-0.2, -0.15) is 0 Å². The molecule has 1 nitrogen and oxygen atoms in total. The van der Waals surface area contributed by atoms with E-state index in [1.54, 1.807) is 47.0 Å². The lowest BCUT2D eigenvalue weighted by Gasteiger charge is -1.98. The van der Waals surface area contributed by atoms with Crippen molar-refractivity contribution < 1.29 is 4.79 Å². The maximum atomic E-state index is 10.4. The van der Waals surface area contributed by atoms with Gasteiger partial charge in [-0.3, -0.25) is 4.79 Å². The Morgan fingerprint density at radius 2 is 1.83 bits per heavy atom. The van der Waals surface area contributed by atoms with Gasteiger partial charge in [0.05, 0.1) is 13.4 Å². The van der Waals surface area contributed by atoms with E-state index in [-0.39, 0.29) is 0 Å². The lowest BCUT2D eigenvalue weighted by molar-refractivity contribution is -0.104. The van der Waals surface area contributed by atoms with Crippen LogP contribution in [-0.4, -0.2) is 6.29 Å². The summed E-state index contributed by atoms with van der Waals surface area (Å²) in [6.07, 6.45) is 0.906. The van der Waals surface area contributed by atoms with Gasteiger partial charge in [0.2, 0.25) is 0 Å². The van der Waals surface area contributed by atoms with Crippen molar-refractivity contribution in [2.75, 3.05) is 0 Å². The maximum Gasteiger partial charge on any atom is 0.157 e. The quantitative estimate of drug-likeness (QED) is 0.641. The van der Waals surface area contributed by atoms with Crippen molar-refractivity contribution in [2.45, 2.75) is 0 Å². The van der Waals surface area contributed by atoms with Crippen molar-refractivity contribution in [3.05, 3.63) is 29.6 Å². The first kappa shape index (κ1) is 8.87. The summed E-state index contributed by atoms with van der Waals surface area (Å²) >= 11 is 6.65. The van der Waals surface area contributed by atoms with E-state index in [0.29, 0.717) is 0 Å². The third-order valence-corrected chi connectivity index (χ3v) is 6.15. The van der Waals surface area contributed by atoms with Crippen LogP contribution in [0, 0.1) is 0 Å². The summed E-state index contributed by atoms with van der Waals surface area (Å²) in [7, 11) is 0. The molecule has 0 aliphatic carbocycles. The molecule has 2 aliphatic heterocycles. The van der Waals surface area contributed by atoms with Crippen LogP contribution >= 0.6 is 47.0 Å². The number of thioether (sulfide) groups is 4. The van der Waals surface area contributed by atoms with E-state index in [2.05, 4.69) is 10.8 Å². The summed E-state index contributed by atoms with van der Waals surface area (Å²) in [5, 5.41) is 6.03. The van der Waals surface area contributed by atoms with E-state index >= 15 is 0 Å². The molecule has 0 saturated heterocycles. The van der Waals surface area contributed by atoms with Crippen LogP contribution in [0.3, 0.4) is 0 Å². The Morgan fingerprint density at radius 3 is 2.42 bits per heavy atom. The third-order valence-electron chi connectivity index (χ3n) is 1.18. The molecule has 62 valence electrons. The topological polar surface area (TPSA) is 17.1 Å². The molecule has 12 heavy (non-hydrogen) atoms. The Bertz CT molecular complexity index is 293. The second kappa shape index (κ2) is 4.00. The predicted octanol–water partition coefficient (Wildman–Crippen LogP) is 3.58. The van der Waals surface area contributed by atoms with Gasteiger partial charge in [0.25, 0.3) is 0 Å². The van der Waals surface area contributed by atoms with Crippen LogP contribution in [0.1, 0.15) is 0 Å². The third kappa shape index (κ3) is 1.79. The van der Waals surface area contributed by atoms with E-state index in [9.17, 15) is 4.79 Å². The normalized spacial score (nSPS) is 21.8. The molecule has 0 spiro atoms. The average Bonchev–Trinajstić information content (AvgIpc) is 2.75. The lowest BCUT2D eigenvalue weighted by Crippen LogP contribution is -1.70. The van der Waals surface area contributed by atoms with E-state index in [0.717, 1.165) is 11.2 Å². The van der Waals surface area contributed by atoms with Crippen molar-refractivity contribution in [2.24, 2.45) is 0 Å². The van der Waals surface area contributed by atoms with Gasteiger partial charge in [-0.1, -0.05) is 47.0 Å². The van der Waals surface area contributed by atoms with Gasteiger partial charge in [0.15, 0.2) is 6.29 Å². The summed E-state index contributed by atoms with van der Waals surface area (Å²) in [5.74, 6) is 0. The Balaban J connectivity index is 2.10. The molecule has 0 saturated carbocycles. The molecule has 0 aromatic heterocycles. The number of hydrogen-bond donors (Lipinski definition) is 0. The van der Waals surface area contributed by atoms with Crippen LogP contribution in [0.2, 0.25) is 0 Å². The van der Waals surface area contributed by atoms with Crippen molar-refractivity contribution in [3.63, 3.8) is 0 Å². The molecule has 0 atom stereocenters. The zero-order valence-corrected chi connectivity index (χ0v) is 9.12. The van der Waals surface area contributed by atoms with E-state index in [1.807, 2.05) is 5.41 Å². The Kier molecular flexibility index (Phi) is 2.96. The standard InChI is InChI=1S/C7H4OS4/c8-3-5-4-11-7(12-5)6-9-1-2-10-6/h1-4H. The van der Waals surface area contributed by atoms with Crippen LogP contribution in [-0.2, 0) is 4.79 Å². The highest BCUT2D eigenvalue weighted by Crippen LogP contribution is 2.52. The van der Waals surface area contributed by atoms with Crippen molar-refractivity contribution in [1.29, 1.82) is 0 Å². The second-order valence-corrected chi connectivity index (χ2v) is 6.25. The first-order chi connectivity index (χ1) is 5.90. The lowest BCUT2D eigenvalue weighted by atomic mass is 10.7. The van der Waals surface area contributed by atoms with Gasteiger partial charge >= 0.3 is 0 Å². The molecule has 0 bridgehead atoms. The molecule has 0 amide bonds. The zero-order valence-electron chi connectivity index (χ0n) is 5.85. The predicted molar refractivity (Wildman–Crippen MR) is 60.7 cm³/mol. The largest absolute Gasteiger partial charge is 0.297 e. The monoisotopic (exact) mass is 232 g/mol. The molecular formula is C7H4OS4. The van der Waals surface area contributed by atoms with E-state index < -0.39 is 0 Å². The number of hydrogen-bond acceptors (Lipinski definition) is 5. The van der Waals surface area contributed by atoms with Gasteiger partial charge in [-0.25, -0.2) is 0 Å². The van der Waals surface area contributed by atoms with Crippen molar-refractivity contribution >= 4 is 53.3 Å². The van der Waals surface area contributed by atoms with Crippen molar-refractivity contribution in [1.82, 2.24) is 0 Å². The van der Waals surface area contributed by atoms with Crippen LogP contribution < -0.4 is 0 Å². The van der Waals surface area contributed by atoms with Crippen LogP contribution in [0.5, 0.6) is 0 Å². The number of carbonyl (C=O) groups excluding carboxylic acids is 1. The minimum atomic E-state index is 0.815. The average molecular weight is 232 g/mol. The molecule has 2 rings (SSSR count). The van der Waals surface area contributed by atoms with Gasteiger partial charge in [-0.15, -0.1) is 0 Å². The number of allylic oxidation sites excluding steroid dienone is 1. The maximum absolute atomic E-state index is 10.4. The molecule has 0 fully saturated rings. The highest BCUT2D eigenvalue weighted by Gasteiger charge is 2.17. The van der Waals surface area contributed by atoms with Gasteiger partial charge in [-0.05, 0) is 16.2 Å². The summed E-state index contributed by atoms with van der Waals surface area (Å²) in [6, 6.07) is 0. The first-order valence-corrected chi connectivity index (χ1v) is 6.58.